The number of carbonyl (C=O) groups excluding carboxylic acids is 1. The Morgan fingerprint density at radius 2 is 1.83 bits per heavy atom. The van der Waals surface area contributed by atoms with Gasteiger partial charge < -0.3 is 19.6 Å². The van der Waals surface area contributed by atoms with Crippen LogP contribution in [0, 0.1) is 0 Å². The topological polar surface area (TPSA) is 77.2 Å². The third-order valence-corrected chi connectivity index (χ3v) is 6.10. The van der Waals surface area contributed by atoms with Crippen molar-refractivity contribution in [3.63, 3.8) is 0 Å². The van der Waals surface area contributed by atoms with E-state index < -0.39 is 0 Å². The number of hydrogen-bond acceptors (Lipinski definition) is 5. The Bertz CT molecular complexity index is 670. The first-order chi connectivity index (χ1) is 14.1. The molecule has 8 nitrogen and oxygen atoms in total. The first kappa shape index (κ1) is 21.6. The van der Waals surface area contributed by atoms with Gasteiger partial charge in [-0.15, -0.1) is 0 Å². The minimum Gasteiger partial charge on any atom is -0.359 e. The van der Waals surface area contributed by atoms with Gasteiger partial charge in [-0.25, -0.2) is 0 Å². The predicted molar refractivity (Wildman–Crippen MR) is 114 cm³/mol. The van der Waals surface area contributed by atoms with E-state index in [0.717, 1.165) is 82.4 Å². The summed E-state index contributed by atoms with van der Waals surface area (Å²) >= 11 is 0. The summed E-state index contributed by atoms with van der Waals surface area (Å²) in [5.74, 6) is 2.44. The number of nitrogens with one attached hydrogen (secondary N) is 1. The van der Waals surface area contributed by atoms with Gasteiger partial charge in [-0.2, -0.15) is 0 Å². The number of nitrogens with zero attached hydrogens (tertiary/aromatic N) is 5. The molecule has 8 heteroatoms. The molecule has 2 aliphatic rings. The quantitative estimate of drug-likeness (QED) is 0.552. The first-order valence-corrected chi connectivity index (χ1v) is 11.1. The van der Waals surface area contributed by atoms with Crippen LogP contribution in [0.3, 0.4) is 0 Å². The fourth-order valence-corrected chi connectivity index (χ4v) is 4.19. The van der Waals surface area contributed by atoms with Gasteiger partial charge in [0.1, 0.15) is 0 Å². The van der Waals surface area contributed by atoms with E-state index in [0.29, 0.717) is 19.0 Å². The van der Waals surface area contributed by atoms with Gasteiger partial charge >= 0.3 is 0 Å². The highest BCUT2D eigenvalue weighted by atomic mass is 16.5. The maximum Gasteiger partial charge on any atom is 0.236 e. The summed E-state index contributed by atoms with van der Waals surface area (Å²) in [5.41, 5.74) is 1.04. The van der Waals surface area contributed by atoms with Crippen molar-refractivity contribution in [2.75, 3.05) is 52.9 Å². The third kappa shape index (κ3) is 5.72. The van der Waals surface area contributed by atoms with Crippen molar-refractivity contribution < 1.29 is 9.32 Å². The normalized spacial score (nSPS) is 18.7. The van der Waals surface area contributed by atoms with Crippen LogP contribution in [-0.4, -0.2) is 84.6 Å². The zero-order chi connectivity index (χ0) is 20.6. The molecule has 0 bridgehead atoms. The molecule has 162 valence electrons. The summed E-state index contributed by atoms with van der Waals surface area (Å²) in [6, 6.07) is 2.06. The molecule has 0 spiro atoms. The Morgan fingerprint density at radius 3 is 2.45 bits per heavy atom. The van der Waals surface area contributed by atoms with E-state index in [9.17, 15) is 4.79 Å². The smallest absolute Gasteiger partial charge is 0.236 e. The zero-order valence-electron chi connectivity index (χ0n) is 18.2. The van der Waals surface area contributed by atoms with Crippen LogP contribution in [0.4, 0.5) is 0 Å². The lowest BCUT2D eigenvalue weighted by Crippen LogP contribution is -2.54. The van der Waals surface area contributed by atoms with Gasteiger partial charge in [0.2, 0.25) is 5.91 Å². The molecule has 2 saturated heterocycles. The molecule has 0 unspecified atom stereocenters. The highest BCUT2D eigenvalue weighted by Gasteiger charge is 2.24. The van der Waals surface area contributed by atoms with E-state index in [1.54, 1.807) is 0 Å². The second kappa shape index (κ2) is 10.6. The zero-order valence-corrected chi connectivity index (χ0v) is 18.2. The Hall–Kier alpha value is -2.09. The van der Waals surface area contributed by atoms with Gasteiger partial charge in [-0.1, -0.05) is 19.0 Å². The second-order valence-corrected chi connectivity index (χ2v) is 7.98. The van der Waals surface area contributed by atoms with Crippen molar-refractivity contribution in [2.24, 2.45) is 4.99 Å². The van der Waals surface area contributed by atoms with Gasteiger partial charge in [0.25, 0.3) is 0 Å². The maximum atomic E-state index is 12.4. The van der Waals surface area contributed by atoms with Crippen LogP contribution in [0.15, 0.2) is 15.6 Å². The van der Waals surface area contributed by atoms with E-state index in [1.165, 1.54) is 0 Å². The highest BCUT2D eigenvalue weighted by molar-refractivity contribution is 5.80. The number of guanidine groups is 1. The van der Waals surface area contributed by atoms with E-state index in [-0.39, 0.29) is 5.91 Å². The molecule has 0 radical (unpaired) electrons. The van der Waals surface area contributed by atoms with E-state index >= 15 is 0 Å². The molecule has 3 heterocycles. The standard InChI is InChI=1S/C21H36N6O2/c1-4-17(5-2)19-14-18(29-24-19)15-23-21(22-3)27-12-10-25(11-13-27)16-20(28)26-8-6-7-9-26/h14,17H,4-13,15-16H2,1-3H3,(H,22,23). The molecular formula is C21H36N6O2. The summed E-state index contributed by atoms with van der Waals surface area (Å²) < 4.78 is 5.50. The summed E-state index contributed by atoms with van der Waals surface area (Å²) in [5, 5.41) is 7.63. The lowest BCUT2D eigenvalue weighted by Gasteiger charge is -2.36. The number of aromatic nitrogens is 1. The van der Waals surface area contributed by atoms with E-state index in [1.807, 2.05) is 11.9 Å². The Balaban J connectivity index is 1.44. The van der Waals surface area contributed by atoms with Crippen LogP contribution < -0.4 is 5.32 Å². The number of carbonyl (C=O) groups is 1. The molecule has 1 N–H and O–H groups in total. The number of rotatable bonds is 7. The summed E-state index contributed by atoms with van der Waals surface area (Å²) in [6.07, 6.45) is 4.43. The van der Waals surface area contributed by atoms with Crippen LogP contribution in [0.2, 0.25) is 0 Å². The van der Waals surface area contributed by atoms with Crippen molar-refractivity contribution in [1.82, 2.24) is 25.2 Å². The number of hydrogen-bond donors (Lipinski definition) is 1. The van der Waals surface area contributed by atoms with Crippen molar-refractivity contribution in [2.45, 2.75) is 52.0 Å². The predicted octanol–water partition coefficient (Wildman–Crippen LogP) is 1.89. The van der Waals surface area contributed by atoms with Crippen LogP contribution in [0.1, 0.15) is 56.9 Å². The van der Waals surface area contributed by atoms with Crippen LogP contribution in [0.25, 0.3) is 0 Å². The minimum absolute atomic E-state index is 0.275. The van der Waals surface area contributed by atoms with Crippen LogP contribution >= 0.6 is 0 Å². The number of piperazine rings is 1. The molecule has 0 saturated carbocycles. The first-order valence-electron chi connectivity index (χ1n) is 11.1. The van der Waals surface area contributed by atoms with Crippen LogP contribution in [-0.2, 0) is 11.3 Å². The fraction of sp³-hybridized carbons (Fsp3) is 0.762. The maximum absolute atomic E-state index is 12.4. The SMILES string of the molecule is CCC(CC)c1cc(CNC(=NC)N2CCN(CC(=O)N3CCCC3)CC2)on1. The summed E-state index contributed by atoms with van der Waals surface area (Å²) in [7, 11) is 1.81. The van der Waals surface area contributed by atoms with E-state index in [2.05, 4.69) is 45.2 Å². The van der Waals surface area contributed by atoms with Gasteiger partial charge in [-0.05, 0) is 25.7 Å². The number of likely N-dealkylation sites (tertiary alicyclic amines) is 1. The monoisotopic (exact) mass is 404 g/mol. The van der Waals surface area contributed by atoms with Gasteiger partial charge in [-0.3, -0.25) is 14.7 Å². The molecule has 3 rings (SSSR count). The molecule has 0 atom stereocenters. The highest BCUT2D eigenvalue weighted by Crippen LogP contribution is 2.22. The fourth-order valence-electron chi connectivity index (χ4n) is 4.19. The number of aliphatic imine (C=N–C) groups is 1. The average Bonchev–Trinajstić information content (AvgIpc) is 3.43. The molecular weight excluding hydrogens is 368 g/mol. The van der Waals surface area contributed by atoms with Gasteiger partial charge in [0.15, 0.2) is 11.7 Å². The van der Waals surface area contributed by atoms with Crippen molar-refractivity contribution in [1.29, 1.82) is 0 Å². The van der Waals surface area contributed by atoms with Crippen LogP contribution in [0.5, 0.6) is 0 Å². The molecule has 1 aromatic rings. The molecule has 0 aliphatic carbocycles. The number of amides is 1. The molecule has 2 fully saturated rings. The van der Waals surface area contributed by atoms with Gasteiger partial charge in [0.05, 0.1) is 18.8 Å². The molecule has 29 heavy (non-hydrogen) atoms. The minimum atomic E-state index is 0.275. The Labute approximate surface area is 174 Å². The Morgan fingerprint density at radius 1 is 1.14 bits per heavy atom. The summed E-state index contributed by atoms with van der Waals surface area (Å²) in [6.45, 7) is 10.8. The lowest BCUT2D eigenvalue weighted by atomic mass is 9.99. The molecule has 1 aromatic heterocycles. The summed E-state index contributed by atoms with van der Waals surface area (Å²) in [4.78, 5) is 23.3. The molecule has 2 aliphatic heterocycles. The largest absolute Gasteiger partial charge is 0.359 e. The second-order valence-electron chi connectivity index (χ2n) is 7.98. The van der Waals surface area contributed by atoms with Crippen molar-refractivity contribution in [3.8, 4) is 0 Å². The molecule has 0 aromatic carbocycles. The lowest BCUT2D eigenvalue weighted by molar-refractivity contribution is -0.131. The average molecular weight is 405 g/mol. The third-order valence-electron chi connectivity index (χ3n) is 6.10. The Kier molecular flexibility index (Phi) is 7.91. The van der Waals surface area contributed by atoms with Gasteiger partial charge in [0, 0.05) is 58.3 Å². The van der Waals surface area contributed by atoms with Crippen molar-refractivity contribution >= 4 is 11.9 Å². The van der Waals surface area contributed by atoms with Crippen molar-refractivity contribution in [3.05, 3.63) is 17.5 Å². The van der Waals surface area contributed by atoms with E-state index in [4.69, 9.17) is 4.52 Å². The molecule has 1 amide bonds.